The number of hydrogen-bond acceptors (Lipinski definition) is 3. The van der Waals surface area contributed by atoms with Gasteiger partial charge in [0.05, 0.1) is 23.8 Å². The molecule has 2 aromatic carbocycles. The van der Waals surface area contributed by atoms with Crippen LogP contribution in [0.25, 0.3) is 0 Å². The number of aryl methyl sites for hydroxylation is 2. The van der Waals surface area contributed by atoms with Gasteiger partial charge in [-0.05, 0) is 49.2 Å². The topological polar surface area (TPSA) is 37.9 Å². The van der Waals surface area contributed by atoms with E-state index in [9.17, 15) is 0 Å². The van der Waals surface area contributed by atoms with Gasteiger partial charge in [-0.25, -0.2) is 0 Å². The monoisotopic (exact) mass is 302 g/mol. The summed E-state index contributed by atoms with van der Waals surface area (Å²) in [6.45, 7) is 4.07. The van der Waals surface area contributed by atoms with Crippen LogP contribution in [0.5, 0.6) is 0 Å². The predicted molar refractivity (Wildman–Crippen MR) is 95.6 cm³/mol. The Balaban J connectivity index is 1.74. The lowest BCUT2D eigenvalue weighted by Crippen LogP contribution is -1.79. The van der Waals surface area contributed by atoms with Gasteiger partial charge < -0.3 is 4.42 Å². The highest BCUT2D eigenvalue weighted by Gasteiger charge is 1.99. The number of furan rings is 1. The van der Waals surface area contributed by atoms with Gasteiger partial charge in [0.25, 0.3) is 0 Å². The number of nitrogens with zero attached hydrogens (tertiary/aromatic N) is 2. The molecule has 3 heteroatoms. The first kappa shape index (κ1) is 15.0. The molecule has 3 nitrogen and oxygen atoms in total. The second-order valence-corrected chi connectivity index (χ2v) is 5.33. The van der Waals surface area contributed by atoms with Crippen molar-refractivity contribution in [1.82, 2.24) is 0 Å². The smallest absolute Gasteiger partial charge is 0.145 e. The normalized spacial score (nSPS) is 11.6. The first-order chi connectivity index (χ1) is 11.2. The minimum atomic E-state index is 0.708. The van der Waals surface area contributed by atoms with Crippen LogP contribution in [0.4, 0.5) is 11.4 Å². The molecule has 0 atom stereocenters. The summed E-state index contributed by atoms with van der Waals surface area (Å²) in [6, 6.07) is 19.8. The highest BCUT2D eigenvalue weighted by molar-refractivity contribution is 5.83. The van der Waals surface area contributed by atoms with Crippen LogP contribution < -0.4 is 0 Å². The average Bonchev–Trinajstić information content (AvgIpc) is 3.01. The molecular weight excluding hydrogens is 284 g/mol. The van der Waals surface area contributed by atoms with Crippen LogP contribution in [0.3, 0.4) is 0 Å². The summed E-state index contributed by atoms with van der Waals surface area (Å²) in [5.74, 6) is 1.42. The number of benzene rings is 2. The van der Waals surface area contributed by atoms with E-state index in [2.05, 4.69) is 9.98 Å². The fraction of sp³-hybridized carbons (Fsp3) is 0.100. The zero-order valence-corrected chi connectivity index (χ0v) is 13.2. The van der Waals surface area contributed by atoms with Crippen molar-refractivity contribution < 1.29 is 4.42 Å². The maximum absolute atomic E-state index is 5.71. The van der Waals surface area contributed by atoms with E-state index in [4.69, 9.17) is 4.42 Å². The fourth-order valence-corrected chi connectivity index (χ4v) is 2.19. The molecule has 0 spiro atoms. The molecule has 3 rings (SSSR count). The van der Waals surface area contributed by atoms with E-state index in [0.29, 0.717) is 11.5 Å². The van der Waals surface area contributed by atoms with Crippen molar-refractivity contribution in [3.8, 4) is 0 Å². The van der Waals surface area contributed by atoms with Crippen LogP contribution in [0, 0.1) is 13.8 Å². The van der Waals surface area contributed by atoms with Gasteiger partial charge in [-0.3, -0.25) is 9.98 Å². The van der Waals surface area contributed by atoms with Crippen molar-refractivity contribution in [2.24, 2.45) is 9.98 Å². The zero-order valence-electron chi connectivity index (χ0n) is 13.2. The third kappa shape index (κ3) is 3.83. The van der Waals surface area contributed by atoms with Gasteiger partial charge in [-0.2, -0.15) is 0 Å². The Bertz CT molecular complexity index is 789. The summed E-state index contributed by atoms with van der Waals surface area (Å²) in [7, 11) is 0. The number of para-hydroxylation sites is 2. The van der Waals surface area contributed by atoms with E-state index >= 15 is 0 Å². The number of hydrogen-bond donors (Lipinski definition) is 0. The lowest BCUT2D eigenvalue weighted by Gasteiger charge is -1.97. The van der Waals surface area contributed by atoms with Gasteiger partial charge in [-0.15, -0.1) is 0 Å². The second-order valence-electron chi connectivity index (χ2n) is 5.33. The molecule has 1 aromatic heterocycles. The van der Waals surface area contributed by atoms with E-state index in [-0.39, 0.29) is 0 Å². The summed E-state index contributed by atoms with van der Waals surface area (Å²) in [5.41, 5.74) is 4.16. The summed E-state index contributed by atoms with van der Waals surface area (Å²) in [4.78, 5) is 8.92. The van der Waals surface area contributed by atoms with Crippen molar-refractivity contribution in [2.45, 2.75) is 13.8 Å². The first-order valence-electron chi connectivity index (χ1n) is 7.51. The Morgan fingerprint density at radius 1 is 0.652 bits per heavy atom. The minimum absolute atomic E-state index is 0.708. The van der Waals surface area contributed by atoms with Crippen LogP contribution in [0.15, 0.2) is 75.1 Å². The van der Waals surface area contributed by atoms with Crippen LogP contribution in [-0.2, 0) is 0 Å². The molecule has 0 fully saturated rings. The first-order valence-corrected chi connectivity index (χ1v) is 7.51. The van der Waals surface area contributed by atoms with Crippen LogP contribution >= 0.6 is 0 Å². The van der Waals surface area contributed by atoms with E-state index in [1.54, 1.807) is 12.4 Å². The maximum Gasteiger partial charge on any atom is 0.145 e. The van der Waals surface area contributed by atoms with Gasteiger partial charge in [0.2, 0.25) is 0 Å². The molecule has 0 aliphatic rings. The SMILES string of the molecule is Cc1ccccc1N=Cc1ccc(C=Nc2ccccc2C)o1. The molecule has 0 N–H and O–H groups in total. The Labute approximate surface area is 136 Å². The summed E-state index contributed by atoms with van der Waals surface area (Å²) >= 11 is 0. The number of aliphatic imine (C=N–C) groups is 2. The largest absolute Gasteiger partial charge is 0.454 e. The van der Waals surface area contributed by atoms with E-state index < -0.39 is 0 Å². The standard InChI is InChI=1S/C20H18N2O/c1-15-7-3-5-9-19(15)21-13-17-11-12-18(23-17)14-22-20-10-6-4-8-16(20)2/h3-14H,1-2H3. The molecule has 0 aliphatic carbocycles. The lowest BCUT2D eigenvalue weighted by molar-refractivity contribution is 0.553. The second kappa shape index (κ2) is 6.88. The molecule has 23 heavy (non-hydrogen) atoms. The molecular formula is C20H18N2O. The maximum atomic E-state index is 5.71. The average molecular weight is 302 g/mol. The van der Waals surface area contributed by atoms with Crippen molar-refractivity contribution in [1.29, 1.82) is 0 Å². The minimum Gasteiger partial charge on any atom is -0.454 e. The molecule has 0 bridgehead atoms. The van der Waals surface area contributed by atoms with Crippen LogP contribution in [0.1, 0.15) is 22.6 Å². The van der Waals surface area contributed by atoms with E-state index in [1.807, 2.05) is 74.5 Å². The van der Waals surface area contributed by atoms with Gasteiger partial charge >= 0.3 is 0 Å². The van der Waals surface area contributed by atoms with E-state index in [0.717, 1.165) is 22.5 Å². The van der Waals surface area contributed by atoms with Gasteiger partial charge in [0.1, 0.15) is 11.5 Å². The summed E-state index contributed by atoms with van der Waals surface area (Å²) in [6.07, 6.45) is 3.46. The molecule has 0 unspecified atom stereocenters. The van der Waals surface area contributed by atoms with Crippen molar-refractivity contribution in [2.75, 3.05) is 0 Å². The lowest BCUT2D eigenvalue weighted by atomic mass is 10.2. The van der Waals surface area contributed by atoms with Crippen molar-refractivity contribution >= 4 is 23.8 Å². The quantitative estimate of drug-likeness (QED) is 0.595. The van der Waals surface area contributed by atoms with E-state index in [1.165, 1.54) is 0 Å². The van der Waals surface area contributed by atoms with Crippen LogP contribution in [0.2, 0.25) is 0 Å². The molecule has 0 aliphatic heterocycles. The van der Waals surface area contributed by atoms with Gasteiger partial charge in [0, 0.05) is 0 Å². The fourth-order valence-electron chi connectivity index (χ4n) is 2.19. The molecule has 1 heterocycles. The molecule has 114 valence electrons. The van der Waals surface area contributed by atoms with Crippen LogP contribution in [-0.4, -0.2) is 12.4 Å². The Morgan fingerprint density at radius 2 is 1.09 bits per heavy atom. The Kier molecular flexibility index (Phi) is 4.48. The molecule has 0 saturated carbocycles. The third-order valence-corrected chi connectivity index (χ3v) is 3.54. The Morgan fingerprint density at radius 3 is 1.52 bits per heavy atom. The Hall–Kier alpha value is -2.94. The third-order valence-electron chi connectivity index (χ3n) is 3.54. The predicted octanol–water partition coefficient (Wildman–Crippen LogP) is 5.40. The van der Waals surface area contributed by atoms with Crippen molar-refractivity contribution in [3.05, 3.63) is 83.3 Å². The molecule has 3 aromatic rings. The highest BCUT2D eigenvalue weighted by Crippen LogP contribution is 2.18. The van der Waals surface area contributed by atoms with Gasteiger partial charge in [-0.1, -0.05) is 36.4 Å². The van der Waals surface area contributed by atoms with Gasteiger partial charge in [0.15, 0.2) is 0 Å². The van der Waals surface area contributed by atoms with Crippen molar-refractivity contribution in [3.63, 3.8) is 0 Å². The summed E-state index contributed by atoms with van der Waals surface area (Å²) in [5, 5.41) is 0. The highest BCUT2D eigenvalue weighted by atomic mass is 16.3. The molecule has 0 amide bonds. The zero-order chi connectivity index (χ0) is 16.1. The summed E-state index contributed by atoms with van der Waals surface area (Å²) < 4.78 is 5.71. The molecule has 0 saturated heterocycles. The number of rotatable bonds is 4. The molecule has 0 radical (unpaired) electrons.